The molecule has 0 aliphatic rings. The van der Waals surface area contributed by atoms with Crippen molar-refractivity contribution >= 4 is 23.6 Å². The van der Waals surface area contributed by atoms with Crippen LogP contribution >= 0.6 is 23.6 Å². The molecule has 1 unspecified atom stereocenters. The van der Waals surface area contributed by atoms with Crippen LogP contribution in [0.5, 0.6) is 0 Å². The topological polar surface area (TPSA) is 20.7 Å². The van der Waals surface area contributed by atoms with Gasteiger partial charge in [-0.1, -0.05) is 36.4 Å². The second-order valence-electron chi connectivity index (χ2n) is 4.85. The lowest BCUT2D eigenvalue weighted by atomic mass is 10.1. The van der Waals surface area contributed by atoms with Crippen molar-refractivity contribution < 1.29 is 0 Å². The van der Waals surface area contributed by atoms with Crippen LogP contribution in [0.25, 0.3) is 11.3 Å². The van der Waals surface area contributed by atoms with Crippen molar-refractivity contribution in [3.8, 4) is 11.3 Å². The predicted octanol–water partition coefficient (Wildman–Crippen LogP) is 5.08. The molecule has 0 fully saturated rings. The van der Waals surface area contributed by atoms with E-state index in [0.717, 1.165) is 16.9 Å². The van der Waals surface area contributed by atoms with Crippen molar-refractivity contribution in [3.63, 3.8) is 0 Å². The van der Waals surface area contributed by atoms with Gasteiger partial charge in [-0.25, -0.2) is 0 Å². The van der Waals surface area contributed by atoms with E-state index >= 15 is 0 Å². The average Bonchev–Trinajstić information content (AvgIpc) is 3.09. The van der Waals surface area contributed by atoms with E-state index in [1.54, 1.807) is 11.3 Å². The second-order valence-corrected chi connectivity index (χ2v) is 6.27. The molecule has 0 spiro atoms. The summed E-state index contributed by atoms with van der Waals surface area (Å²) in [6.45, 7) is 2.22. The SMILES string of the molecule is CC(Cc1cccs1)n1c(-c2ccccc2)c[nH]c1=S. The first-order valence-electron chi connectivity index (χ1n) is 6.63. The largest absolute Gasteiger partial charge is 0.337 e. The number of imidazole rings is 1. The molecule has 0 aliphatic carbocycles. The molecule has 3 aromatic rings. The summed E-state index contributed by atoms with van der Waals surface area (Å²) in [5.74, 6) is 0. The summed E-state index contributed by atoms with van der Waals surface area (Å²) in [4.78, 5) is 4.57. The molecule has 0 saturated heterocycles. The molecule has 2 nitrogen and oxygen atoms in total. The Hall–Kier alpha value is -1.65. The van der Waals surface area contributed by atoms with Gasteiger partial charge in [0.25, 0.3) is 0 Å². The van der Waals surface area contributed by atoms with Crippen LogP contribution in [0.1, 0.15) is 17.8 Å². The number of aromatic nitrogens is 2. The third-order valence-corrected chi connectivity index (χ3v) is 4.61. The molecule has 2 heterocycles. The normalized spacial score (nSPS) is 12.4. The van der Waals surface area contributed by atoms with Crippen molar-refractivity contribution in [2.24, 2.45) is 0 Å². The summed E-state index contributed by atoms with van der Waals surface area (Å²) < 4.78 is 3.00. The minimum Gasteiger partial charge on any atom is -0.337 e. The molecule has 4 heteroatoms. The van der Waals surface area contributed by atoms with Gasteiger partial charge in [-0.2, -0.15) is 0 Å². The highest BCUT2D eigenvalue weighted by Crippen LogP contribution is 2.26. The molecule has 2 aromatic heterocycles. The van der Waals surface area contributed by atoms with Crippen molar-refractivity contribution in [3.05, 3.63) is 63.7 Å². The lowest BCUT2D eigenvalue weighted by Crippen LogP contribution is -2.09. The molecule has 1 N–H and O–H groups in total. The first-order chi connectivity index (χ1) is 9.75. The third kappa shape index (κ3) is 2.62. The monoisotopic (exact) mass is 300 g/mol. The van der Waals surface area contributed by atoms with Gasteiger partial charge in [0.15, 0.2) is 4.77 Å². The smallest absolute Gasteiger partial charge is 0.177 e. The van der Waals surface area contributed by atoms with Gasteiger partial charge in [-0.3, -0.25) is 0 Å². The fourth-order valence-corrected chi connectivity index (χ4v) is 3.62. The second kappa shape index (κ2) is 5.77. The summed E-state index contributed by atoms with van der Waals surface area (Å²) in [7, 11) is 0. The Labute approximate surface area is 127 Å². The van der Waals surface area contributed by atoms with Gasteiger partial charge in [0.1, 0.15) is 0 Å². The number of hydrogen-bond acceptors (Lipinski definition) is 2. The molecule has 1 atom stereocenters. The molecule has 3 rings (SSSR count). The molecule has 20 heavy (non-hydrogen) atoms. The van der Waals surface area contributed by atoms with E-state index < -0.39 is 0 Å². The minimum absolute atomic E-state index is 0.336. The Morgan fingerprint density at radius 1 is 1.20 bits per heavy atom. The number of hydrogen-bond donors (Lipinski definition) is 1. The Bertz CT molecular complexity index is 723. The molecule has 0 bridgehead atoms. The van der Waals surface area contributed by atoms with Crippen LogP contribution in [0.2, 0.25) is 0 Å². The minimum atomic E-state index is 0.336. The lowest BCUT2D eigenvalue weighted by Gasteiger charge is -2.16. The Kier molecular flexibility index (Phi) is 3.85. The molecule has 0 amide bonds. The van der Waals surface area contributed by atoms with Gasteiger partial charge < -0.3 is 9.55 Å². The maximum Gasteiger partial charge on any atom is 0.177 e. The number of benzene rings is 1. The van der Waals surface area contributed by atoms with Crippen LogP contribution in [-0.2, 0) is 6.42 Å². The van der Waals surface area contributed by atoms with Crippen LogP contribution in [-0.4, -0.2) is 9.55 Å². The van der Waals surface area contributed by atoms with Gasteiger partial charge in [-0.15, -0.1) is 11.3 Å². The zero-order valence-electron chi connectivity index (χ0n) is 11.2. The van der Waals surface area contributed by atoms with E-state index in [-0.39, 0.29) is 0 Å². The zero-order valence-corrected chi connectivity index (χ0v) is 12.9. The molecule has 0 radical (unpaired) electrons. The Morgan fingerprint density at radius 3 is 2.70 bits per heavy atom. The van der Waals surface area contributed by atoms with Crippen molar-refractivity contribution in [2.45, 2.75) is 19.4 Å². The number of nitrogens with zero attached hydrogens (tertiary/aromatic N) is 1. The Morgan fingerprint density at radius 2 is 2.00 bits per heavy atom. The van der Waals surface area contributed by atoms with E-state index in [1.807, 2.05) is 12.3 Å². The summed E-state index contributed by atoms with van der Waals surface area (Å²) >= 11 is 7.25. The van der Waals surface area contributed by atoms with Crippen molar-refractivity contribution in [1.29, 1.82) is 0 Å². The highest BCUT2D eigenvalue weighted by Gasteiger charge is 2.13. The standard InChI is InChI=1S/C16H16N2S2/c1-12(10-14-8-5-9-20-14)18-15(11-17-16(18)19)13-6-3-2-4-7-13/h2-9,11-12H,10H2,1H3,(H,17,19). The first kappa shape index (κ1) is 13.3. The highest BCUT2D eigenvalue weighted by molar-refractivity contribution is 7.71. The molecule has 102 valence electrons. The van der Waals surface area contributed by atoms with Gasteiger partial charge in [-0.05, 0) is 36.2 Å². The molecular weight excluding hydrogens is 284 g/mol. The Balaban J connectivity index is 1.97. The van der Waals surface area contributed by atoms with Crippen LogP contribution in [0.4, 0.5) is 0 Å². The predicted molar refractivity (Wildman–Crippen MR) is 87.8 cm³/mol. The highest BCUT2D eigenvalue weighted by atomic mass is 32.1. The number of aromatic amines is 1. The molecule has 0 aliphatic heterocycles. The van der Waals surface area contributed by atoms with Crippen molar-refractivity contribution in [2.75, 3.05) is 0 Å². The van der Waals surface area contributed by atoms with Gasteiger partial charge in [0, 0.05) is 23.5 Å². The van der Waals surface area contributed by atoms with Crippen LogP contribution in [0, 0.1) is 4.77 Å². The quantitative estimate of drug-likeness (QED) is 0.666. The maximum atomic E-state index is 5.46. The van der Waals surface area contributed by atoms with E-state index in [4.69, 9.17) is 12.2 Å². The van der Waals surface area contributed by atoms with Crippen LogP contribution in [0.3, 0.4) is 0 Å². The number of thiophene rings is 1. The molecule has 0 saturated carbocycles. The first-order valence-corrected chi connectivity index (χ1v) is 7.92. The van der Waals surface area contributed by atoms with Gasteiger partial charge >= 0.3 is 0 Å². The van der Waals surface area contributed by atoms with Gasteiger partial charge in [0.2, 0.25) is 0 Å². The summed E-state index contributed by atoms with van der Waals surface area (Å²) in [5, 5.41) is 2.12. The summed E-state index contributed by atoms with van der Waals surface area (Å²) in [6.07, 6.45) is 3.01. The summed E-state index contributed by atoms with van der Waals surface area (Å²) in [6, 6.07) is 15.0. The van der Waals surface area contributed by atoms with E-state index in [9.17, 15) is 0 Å². The maximum absolute atomic E-state index is 5.46. The van der Waals surface area contributed by atoms with E-state index in [2.05, 4.69) is 58.3 Å². The van der Waals surface area contributed by atoms with Gasteiger partial charge in [0.05, 0.1) is 5.69 Å². The zero-order chi connectivity index (χ0) is 13.9. The fraction of sp³-hybridized carbons (Fsp3) is 0.188. The molecule has 1 aromatic carbocycles. The van der Waals surface area contributed by atoms with Crippen molar-refractivity contribution in [1.82, 2.24) is 9.55 Å². The van der Waals surface area contributed by atoms with Crippen LogP contribution < -0.4 is 0 Å². The fourth-order valence-electron chi connectivity index (χ4n) is 2.46. The van der Waals surface area contributed by atoms with E-state index in [0.29, 0.717) is 6.04 Å². The lowest BCUT2D eigenvalue weighted by molar-refractivity contribution is 0.547. The average molecular weight is 300 g/mol. The number of rotatable bonds is 4. The molecular formula is C16H16N2S2. The van der Waals surface area contributed by atoms with Crippen LogP contribution in [0.15, 0.2) is 54.0 Å². The number of H-pyrrole nitrogens is 1. The summed E-state index contributed by atoms with van der Waals surface area (Å²) in [5.41, 5.74) is 2.34. The third-order valence-electron chi connectivity index (χ3n) is 3.40. The van der Waals surface area contributed by atoms with E-state index in [1.165, 1.54) is 10.4 Å². The number of nitrogens with one attached hydrogen (secondary N) is 1.